The summed E-state index contributed by atoms with van der Waals surface area (Å²) in [5.41, 5.74) is 2.39. The number of ether oxygens (including phenoxy) is 1. The zero-order chi connectivity index (χ0) is 20.9. The van der Waals surface area contributed by atoms with Gasteiger partial charge in [-0.15, -0.1) is 11.3 Å². The van der Waals surface area contributed by atoms with Crippen molar-refractivity contribution in [2.45, 2.75) is 26.2 Å². The van der Waals surface area contributed by atoms with E-state index in [0.717, 1.165) is 60.4 Å². The van der Waals surface area contributed by atoms with Crippen molar-refractivity contribution in [2.24, 2.45) is 15.0 Å². The third-order valence-electron chi connectivity index (χ3n) is 3.84. The average molecular weight is 413 g/mol. The second kappa shape index (κ2) is 12.5. The van der Waals surface area contributed by atoms with Gasteiger partial charge in [0.05, 0.1) is 17.9 Å². The molecule has 2 rings (SSSR count). The van der Waals surface area contributed by atoms with Gasteiger partial charge in [-0.1, -0.05) is 31.9 Å². The van der Waals surface area contributed by atoms with Crippen LogP contribution in [0.1, 0.15) is 31.9 Å². The highest BCUT2D eigenvalue weighted by Crippen LogP contribution is 2.23. The summed E-state index contributed by atoms with van der Waals surface area (Å²) >= 11 is 1.51. The first kappa shape index (κ1) is 22.3. The molecule has 0 saturated heterocycles. The molecular formula is C21H28N6OS. The molecule has 0 radical (unpaired) electrons. The Morgan fingerprint density at radius 2 is 2.31 bits per heavy atom. The van der Waals surface area contributed by atoms with Crippen LogP contribution in [0.2, 0.25) is 0 Å². The molecule has 0 spiro atoms. The molecule has 2 heterocycles. The molecule has 1 aliphatic heterocycles. The summed E-state index contributed by atoms with van der Waals surface area (Å²) in [5, 5.41) is 9.18. The first-order valence-corrected chi connectivity index (χ1v) is 10.4. The van der Waals surface area contributed by atoms with Gasteiger partial charge in [-0.3, -0.25) is 9.98 Å². The minimum absolute atomic E-state index is 0.489. The zero-order valence-corrected chi connectivity index (χ0v) is 17.7. The van der Waals surface area contributed by atoms with Crippen LogP contribution in [0.25, 0.3) is 5.57 Å². The lowest BCUT2D eigenvalue weighted by Crippen LogP contribution is -2.35. The van der Waals surface area contributed by atoms with Gasteiger partial charge >= 0.3 is 0 Å². The summed E-state index contributed by atoms with van der Waals surface area (Å²) in [6, 6.07) is 0. The monoisotopic (exact) mass is 412 g/mol. The fraction of sp³-hybridized carbons (Fsp3) is 0.333. The standard InChI is InChI=1S/C21H28N6OS/c1-5-11-23-16(4)10-8-14-28-19(22-7-3)17(6-2)18-15-29-21(26-18)27-20-24-12-9-13-25-20/h5-7,11,15H,1,3-4,8-10,12-14H2,2H3,(H2,24,25,26,27)/b17-6-,22-19?,23-11?. The lowest BCUT2D eigenvalue weighted by Gasteiger charge is -2.14. The SMILES string of the molecule is C=CC=NC(=C)CCCOC(=NC=C)/C(=C\C)c1csc(NC2=NCCCN2)n1. The Labute approximate surface area is 176 Å². The summed E-state index contributed by atoms with van der Waals surface area (Å²) in [7, 11) is 0. The molecule has 0 unspecified atom stereocenters. The highest BCUT2D eigenvalue weighted by molar-refractivity contribution is 7.14. The van der Waals surface area contributed by atoms with Crippen molar-refractivity contribution in [1.29, 1.82) is 0 Å². The van der Waals surface area contributed by atoms with Crippen LogP contribution in [0, 0.1) is 0 Å². The van der Waals surface area contributed by atoms with Crippen molar-refractivity contribution in [3.8, 4) is 0 Å². The maximum atomic E-state index is 5.91. The van der Waals surface area contributed by atoms with Crippen LogP contribution in [0.15, 0.2) is 64.1 Å². The molecule has 0 bridgehead atoms. The number of hydrogen-bond donors (Lipinski definition) is 2. The van der Waals surface area contributed by atoms with Crippen molar-refractivity contribution in [1.82, 2.24) is 10.3 Å². The van der Waals surface area contributed by atoms with E-state index in [4.69, 9.17) is 4.74 Å². The molecule has 0 amide bonds. The summed E-state index contributed by atoms with van der Waals surface area (Å²) in [6.07, 6.45) is 9.22. The van der Waals surface area contributed by atoms with E-state index in [-0.39, 0.29) is 0 Å². The number of guanidine groups is 1. The van der Waals surface area contributed by atoms with Gasteiger partial charge in [0, 0.05) is 36.6 Å². The van der Waals surface area contributed by atoms with Crippen LogP contribution in [0.5, 0.6) is 0 Å². The summed E-state index contributed by atoms with van der Waals surface area (Å²) in [6.45, 7) is 15.4. The predicted molar refractivity (Wildman–Crippen MR) is 125 cm³/mol. The van der Waals surface area contributed by atoms with Gasteiger partial charge < -0.3 is 15.4 Å². The number of aromatic nitrogens is 1. The molecule has 2 N–H and O–H groups in total. The summed E-state index contributed by atoms with van der Waals surface area (Å²) < 4.78 is 5.91. The van der Waals surface area contributed by atoms with Crippen LogP contribution in [-0.2, 0) is 4.74 Å². The second-order valence-corrected chi connectivity index (χ2v) is 6.88. The molecule has 29 heavy (non-hydrogen) atoms. The smallest absolute Gasteiger partial charge is 0.222 e. The maximum Gasteiger partial charge on any atom is 0.222 e. The van der Waals surface area contributed by atoms with E-state index in [2.05, 4.69) is 50.3 Å². The molecule has 1 aromatic rings. The second-order valence-electron chi connectivity index (χ2n) is 6.02. The molecule has 8 heteroatoms. The zero-order valence-electron chi connectivity index (χ0n) is 16.9. The first-order valence-electron chi connectivity index (χ1n) is 9.50. The van der Waals surface area contributed by atoms with Gasteiger partial charge in [-0.05, 0) is 26.2 Å². The van der Waals surface area contributed by atoms with E-state index in [1.54, 1.807) is 12.3 Å². The predicted octanol–water partition coefficient (Wildman–Crippen LogP) is 4.42. The third-order valence-corrected chi connectivity index (χ3v) is 4.60. The number of aliphatic imine (C=N–C) groups is 3. The topological polar surface area (TPSA) is 83.3 Å². The van der Waals surface area contributed by atoms with Crippen LogP contribution < -0.4 is 10.6 Å². The maximum absolute atomic E-state index is 5.91. The highest BCUT2D eigenvalue weighted by Gasteiger charge is 2.15. The number of allylic oxidation sites excluding steroid dienone is 3. The molecule has 1 aliphatic rings. The van der Waals surface area contributed by atoms with Crippen LogP contribution >= 0.6 is 11.3 Å². The van der Waals surface area contributed by atoms with Crippen molar-refractivity contribution in [2.75, 3.05) is 25.0 Å². The largest absolute Gasteiger partial charge is 0.477 e. The Balaban J connectivity index is 1.97. The molecule has 0 aromatic carbocycles. The number of rotatable bonds is 10. The highest BCUT2D eigenvalue weighted by atomic mass is 32.1. The van der Waals surface area contributed by atoms with E-state index >= 15 is 0 Å². The molecule has 0 saturated carbocycles. The fourth-order valence-electron chi connectivity index (χ4n) is 2.49. The van der Waals surface area contributed by atoms with E-state index in [1.807, 2.05) is 18.4 Å². The molecule has 0 fully saturated rings. The normalized spacial score (nSPS) is 14.9. The van der Waals surface area contributed by atoms with Crippen molar-refractivity contribution in [3.63, 3.8) is 0 Å². The van der Waals surface area contributed by atoms with E-state index in [0.29, 0.717) is 12.5 Å². The first-order chi connectivity index (χ1) is 14.2. The lowest BCUT2D eigenvalue weighted by atomic mass is 10.2. The van der Waals surface area contributed by atoms with Gasteiger partial charge in [-0.2, -0.15) is 0 Å². The minimum Gasteiger partial charge on any atom is -0.477 e. The van der Waals surface area contributed by atoms with Gasteiger partial charge in [0.1, 0.15) is 0 Å². The third kappa shape index (κ3) is 7.50. The van der Waals surface area contributed by atoms with Crippen molar-refractivity contribution >= 4 is 40.1 Å². The Kier molecular flexibility index (Phi) is 9.57. The Bertz CT molecular complexity index is 834. The van der Waals surface area contributed by atoms with E-state index < -0.39 is 0 Å². The number of anilines is 1. The number of nitrogens with one attached hydrogen (secondary N) is 2. The molecule has 0 atom stereocenters. The minimum atomic E-state index is 0.489. The van der Waals surface area contributed by atoms with Crippen molar-refractivity contribution in [3.05, 3.63) is 54.9 Å². The fourth-order valence-corrected chi connectivity index (χ4v) is 3.20. The number of hydrogen-bond acceptors (Lipinski definition) is 8. The number of thiazole rings is 1. The molecule has 7 nitrogen and oxygen atoms in total. The van der Waals surface area contributed by atoms with Crippen LogP contribution in [-0.4, -0.2) is 42.8 Å². The molecule has 154 valence electrons. The van der Waals surface area contributed by atoms with Gasteiger partial charge in [0.25, 0.3) is 0 Å². The molecular weight excluding hydrogens is 384 g/mol. The van der Waals surface area contributed by atoms with Gasteiger partial charge in [0.15, 0.2) is 11.1 Å². The Morgan fingerprint density at radius 3 is 3.00 bits per heavy atom. The van der Waals surface area contributed by atoms with E-state index in [9.17, 15) is 0 Å². The lowest BCUT2D eigenvalue weighted by molar-refractivity contribution is 0.302. The van der Waals surface area contributed by atoms with Crippen LogP contribution in [0.3, 0.4) is 0 Å². The molecule has 1 aromatic heterocycles. The Morgan fingerprint density at radius 1 is 1.45 bits per heavy atom. The molecule has 0 aliphatic carbocycles. The quantitative estimate of drug-likeness (QED) is 0.339. The summed E-state index contributed by atoms with van der Waals surface area (Å²) in [4.78, 5) is 17.5. The number of nitrogens with zero attached hydrogens (tertiary/aromatic N) is 4. The van der Waals surface area contributed by atoms with Crippen LogP contribution in [0.4, 0.5) is 5.13 Å². The Hall–Kier alpha value is -3.00. The average Bonchev–Trinajstić information content (AvgIpc) is 3.18. The van der Waals surface area contributed by atoms with E-state index in [1.165, 1.54) is 17.5 Å². The van der Waals surface area contributed by atoms with Gasteiger partial charge in [0.2, 0.25) is 5.90 Å². The summed E-state index contributed by atoms with van der Waals surface area (Å²) in [5.74, 6) is 1.25. The van der Waals surface area contributed by atoms with Gasteiger partial charge in [-0.25, -0.2) is 9.98 Å². The van der Waals surface area contributed by atoms with Crippen molar-refractivity contribution < 1.29 is 4.74 Å².